The van der Waals surface area contributed by atoms with Gasteiger partial charge in [0, 0.05) is 6.04 Å². The van der Waals surface area contributed by atoms with Crippen LogP contribution >= 0.6 is 0 Å². The lowest BCUT2D eigenvalue weighted by atomic mass is 9.89. The Balaban J connectivity index is 1.31. The number of phenolic OH excluding ortho intramolecular Hbond substituents is 1. The summed E-state index contributed by atoms with van der Waals surface area (Å²) >= 11 is 0. The normalized spacial score (nSPS) is 14.6. The standard InChI is InChI=1S/C31H31NO4/c1-34-30-18-25-14-15-32-27(26(25)19-31(30)36-21-23-10-6-3-7-11-23)16-24-12-13-29(28(33)17-24)35-20-22-8-4-2-5-9-22/h2-13,17-19,27,32-33H,14-16,20-21H2,1H3/t27-/m1/s1. The molecule has 1 aliphatic rings. The molecule has 2 N–H and O–H groups in total. The molecule has 4 aromatic carbocycles. The number of hydrogen-bond acceptors (Lipinski definition) is 5. The van der Waals surface area contributed by atoms with Crippen LogP contribution in [0.3, 0.4) is 0 Å². The molecule has 0 saturated heterocycles. The van der Waals surface area contributed by atoms with Gasteiger partial charge in [-0.15, -0.1) is 0 Å². The fourth-order valence-corrected chi connectivity index (χ4v) is 4.62. The zero-order chi connectivity index (χ0) is 24.7. The zero-order valence-corrected chi connectivity index (χ0v) is 20.4. The molecule has 0 radical (unpaired) electrons. The average Bonchev–Trinajstić information content (AvgIpc) is 2.92. The van der Waals surface area contributed by atoms with Crippen LogP contribution in [0.1, 0.15) is 33.9 Å². The number of phenols is 1. The minimum absolute atomic E-state index is 0.106. The Kier molecular flexibility index (Phi) is 7.39. The smallest absolute Gasteiger partial charge is 0.162 e. The first-order valence-electron chi connectivity index (χ1n) is 12.3. The van der Waals surface area contributed by atoms with Gasteiger partial charge in [-0.05, 0) is 71.5 Å². The molecular weight excluding hydrogens is 450 g/mol. The Morgan fingerprint density at radius 1 is 0.750 bits per heavy atom. The number of ether oxygens (including phenoxy) is 3. The Morgan fingerprint density at radius 2 is 1.42 bits per heavy atom. The molecule has 184 valence electrons. The highest BCUT2D eigenvalue weighted by Crippen LogP contribution is 2.37. The van der Waals surface area contributed by atoms with E-state index in [0.717, 1.165) is 47.6 Å². The number of benzene rings is 4. The topological polar surface area (TPSA) is 60.0 Å². The number of hydrogen-bond donors (Lipinski definition) is 2. The van der Waals surface area contributed by atoms with Crippen molar-refractivity contribution in [3.05, 3.63) is 119 Å². The molecule has 5 heteroatoms. The van der Waals surface area contributed by atoms with E-state index in [1.807, 2.05) is 60.7 Å². The van der Waals surface area contributed by atoms with Crippen molar-refractivity contribution in [1.82, 2.24) is 5.32 Å². The molecule has 0 saturated carbocycles. The Hall–Kier alpha value is -3.96. The molecule has 0 fully saturated rings. The van der Waals surface area contributed by atoms with E-state index in [2.05, 4.69) is 29.6 Å². The van der Waals surface area contributed by atoms with Crippen molar-refractivity contribution in [3.63, 3.8) is 0 Å². The third-order valence-corrected chi connectivity index (χ3v) is 6.52. The molecule has 0 unspecified atom stereocenters. The van der Waals surface area contributed by atoms with E-state index < -0.39 is 0 Å². The third-order valence-electron chi connectivity index (χ3n) is 6.52. The van der Waals surface area contributed by atoms with E-state index in [0.29, 0.717) is 19.0 Å². The van der Waals surface area contributed by atoms with Gasteiger partial charge in [-0.3, -0.25) is 0 Å². The second kappa shape index (κ2) is 11.2. The highest BCUT2D eigenvalue weighted by molar-refractivity contribution is 5.50. The second-order valence-corrected chi connectivity index (χ2v) is 9.01. The molecule has 0 amide bonds. The van der Waals surface area contributed by atoms with Gasteiger partial charge in [0.05, 0.1) is 7.11 Å². The minimum Gasteiger partial charge on any atom is -0.504 e. The maximum Gasteiger partial charge on any atom is 0.162 e. The molecule has 1 heterocycles. The predicted molar refractivity (Wildman–Crippen MR) is 141 cm³/mol. The summed E-state index contributed by atoms with van der Waals surface area (Å²) in [6, 6.07) is 30.0. The molecule has 1 atom stereocenters. The van der Waals surface area contributed by atoms with Crippen molar-refractivity contribution >= 4 is 0 Å². The maximum absolute atomic E-state index is 10.6. The summed E-state index contributed by atoms with van der Waals surface area (Å²) in [6.45, 7) is 1.78. The van der Waals surface area contributed by atoms with E-state index in [9.17, 15) is 5.11 Å². The van der Waals surface area contributed by atoms with Crippen LogP contribution in [0.2, 0.25) is 0 Å². The summed E-state index contributed by atoms with van der Waals surface area (Å²) < 4.78 is 17.6. The van der Waals surface area contributed by atoms with Crippen molar-refractivity contribution in [2.75, 3.05) is 13.7 Å². The number of rotatable bonds is 9. The Morgan fingerprint density at radius 3 is 2.06 bits per heavy atom. The number of fused-ring (bicyclic) bond motifs is 1. The van der Waals surface area contributed by atoms with Gasteiger partial charge in [0.1, 0.15) is 13.2 Å². The first kappa shape index (κ1) is 23.8. The molecule has 0 aliphatic carbocycles. The molecule has 4 aromatic rings. The minimum atomic E-state index is 0.106. The Bertz CT molecular complexity index is 1290. The molecule has 0 bridgehead atoms. The van der Waals surface area contributed by atoms with Crippen LogP contribution in [0.25, 0.3) is 0 Å². The van der Waals surface area contributed by atoms with Crippen molar-refractivity contribution in [3.8, 4) is 23.0 Å². The third kappa shape index (κ3) is 5.64. The van der Waals surface area contributed by atoms with Crippen LogP contribution in [-0.2, 0) is 26.1 Å². The quantitative estimate of drug-likeness (QED) is 0.308. The van der Waals surface area contributed by atoms with E-state index in [-0.39, 0.29) is 11.8 Å². The highest BCUT2D eigenvalue weighted by Gasteiger charge is 2.23. The molecule has 36 heavy (non-hydrogen) atoms. The lowest BCUT2D eigenvalue weighted by Crippen LogP contribution is -2.31. The first-order valence-corrected chi connectivity index (χ1v) is 12.3. The molecular formula is C31H31NO4. The molecule has 0 aromatic heterocycles. The van der Waals surface area contributed by atoms with Crippen molar-refractivity contribution in [2.45, 2.75) is 32.1 Å². The number of methoxy groups -OCH3 is 1. The second-order valence-electron chi connectivity index (χ2n) is 9.01. The zero-order valence-electron chi connectivity index (χ0n) is 20.4. The van der Waals surface area contributed by atoms with Crippen LogP contribution in [0.5, 0.6) is 23.0 Å². The first-order chi connectivity index (χ1) is 17.7. The van der Waals surface area contributed by atoms with Crippen LogP contribution in [0, 0.1) is 0 Å². The fourth-order valence-electron chi connectivity index (χ4n) is 4.62. The van der Waals surface area contributed by atoms with Gasteiger partial charge in [-0.1, -0.05) is 66.7 Å². The Labute approximate surface area is 212 Å². The van der Waals surface area contributed by atoms with E-state index in [4.69, 9.17) is 14.2 Å². The van der Waals surface area contributed by atoms with Crippen molar-refractivity contribution in [1.29, 1.82) is 0 Å². The van der Waals surface area contributed by atoms with Gasteiger partial charge in [-0.25, -0.2) is 0 Å². The van der Waals surface area contributed by atoms with Gasteiger partial charge in [-0.2, -0.15) is 0 Å². The van der Waals surface area contributed by atoms with Crippen LogP contribution in [0.15, 0.2) is 91.0 Å². The lowest BCUT2D eigenvalue weighted by Gasteiger charge is -2.28. The summed E-state index contributed by atoms with van der Waals surface area (Å²) in [4.78, 5) is 0. The van der Waals surface area contributed by atoms with Gasteiger partial charge in [0.2, 0.25) is 0 Å². The molecule has 1 aliphatic heterocycles. The monoisotopic (exact) mass is 481 g/mol. The molecule has 5 rings (SSSR count). The molecule has 5 nitrogen and oxygen atoms in total. The van der Waals surface area contributed by atoms with E-state index >= 15 is 0 Å². The lowest BCUT2D eigenvalue weighted by molar-refractivity contribution is 0.283. The van der Waals surface area contributed by atoms with Crippen LogP contribution in [-0.4, -0.2) is 18.8 Å². The van der Waals surface area contributed by atoms with Gasteiger partial charge < -0.3 is 24.6 Å². The van der Waals surface area contributed by atoms with Crippen LogP contribution in [0.4, 0.5) is 0 Å². The van der Waals surface area contributed by atoms with Crippen molar-refractivity contribution in [2.24, 2.45) is 0 Å². The van der Waals surface area contributed by atoms with Gasteiger partial charge in [0.15, 0.2) is 23.0 Å². The number of aromatic hydroxyl groups is 1. The summed E-state index contributed by atoms with van der Waals surface area (Å²) in [7, 11) is 1.68. The molecule has 0 spiro atoms. The average molecular weight is 482 g/mol. The fraction of sp³-hybridized carbons (Fsp3) is 0.226. The number of nitrogens with one attached hydrogen (secondary N) is 1. The predicted octanol–water partition coefficient (Wildman–Crippen LogP) is 5.99. The maximum atomic E-state index is 10.6. The SMILES string of the molecule is COc1cc2c(cc1OCc1ccccc1)[C@@H](Cc1ccc(OCc3ccccc3)c(O)c1)NCC2. The van der Waals surface area contributed by atoms with E-state index in [1.165, 1.54) is 11.1 Å². The van der Waals surface area contributed by atoms with E-state index in [1.54, 1.807) is 13.2 Å². The van der Waals surface area contributed by atoms with Crippen molar-refractivity contribution < 1.29 is 19.3 Å². The van der Waals surface area contributed by atoms with Gasteiger partial charge >= 0.3 is 0 Å². The summed E-state index contributed by atoms with van der Waals surface area (Å²) in [5, 5.41) is 14.2. The summed E-state index contributed by atoms with van der Waals surface area (Å²) in [5.41, 5.74) is 5.66. The van der Waals surface area contributed by atoms with Gasteiger partial charge in [0.25, 0.3) is 0 Å². The van der Waals surface area contributed by atoms with Crippen LogP contribution < -0.4 is 19.5 Å². The summed E-state index contributed by atoms with van der Waals surface area (Å²) in [6.07, 6.45) is 1.67. The largest absolute Gasteiger partial charge is 0.504 e. The summed E-state index contributed by atoms with van der Waals surface area (Å²) in [5.74, 6) is 2.13. The highest BCUT2D eigenvalue weighted by atomic mass is 16.5.